The summed E-state index contributed by atoms with van der Waals surface area (Å²) in [5, 5.41) is 4.06. The van der Waals surface area contributed by atoms with E-state index in [1.54, 1.807) is 0 Å². The molecule has 1 aromatic carbocycles. The Balaban J connectivity index is 2.51. The Kier molecular flexibility index (Phi) is 5.10. The van der Waals surface area contributed by atoms with E-state index in [0.717, 1.165) is 25.3 Å². The Labute approximate surface area is 103 Å². The molecule has 0 atom stereocenters. The van der Waals surface area contributed by atoms with Gasteiger partial charge in [0.25, 0.3) is 0 Å². The molecule has 1 aromatic rings. The lowest BCUT2D eigenvalue weighted by atomic mass is 10.1. The summed E-state index contributed by atoms with van der Waals surface area (Å²) < 4.78 is 5.88. The maximum atomic E-state index is 5.90. The molecule has 1 rings (SSSR count). The number of hydrogen-bond donors (Lipinski definition) is 1. The maximum Gasteiger partial charge on any atom is 0.121 e. The van der Waals surface area contributed by atoms with Gasteiger partial charge in [0.2, 0.25) is 0 Å². The van der Waals surface area contributed by atoms with Crippen LogP contribution in [-0.2, 0) is 0 Å². The van der Waals surface area contributed by atoms with Gasteiger partial charge in [-0.25, -0.2) is 0 Å². The summed E-state index contributed by atoms with van der Waals surface area (Å²) in [6.07, 6.45) is 1.13. The largest absolute Gasteiger partial charge is 0.486 e. The fourth-order valence-corrected chi connectivity index (χ4v) is 1.63. The molecule has 90 valence electrons. The lowest BCUT2D eigenvalue weighted by molar-refractivity contribution is 0.108. The van der Waals surface area contributed by atoms with Crippen molar-refractivity contribution in [1.29, 1.82) is 0 Å². The van der Waals surface area contributed by atoms with Crippen LogP contribution in [0.5, 0.6) is 5.75 Å². The molecule has 0 saturated carbocycles. The first-order valence-electron chi connectivity index (χ1n) is 5.69. The highest BCUT2D eigenvalue weighted by Crippen LogP contribution is 2.21. The van der Waals surface area contributed by atoms with E-state index >= 15 is 0 Å². The van der Waals surface area contributed by atoms with Crippen molar-refractivity contribution in [2.45, 2.75) is 32.8 Å². The molecule has 0 unspecified atom stereocenters. The molecule has 0 heterocycles. The predicted octanol–water partition coefficient (Wildman–Crippen LogP) is 3.50. The topological polar surface area (TPSA) is 21.3 Å². The second-order valence-electron chi connectivity index (χ2n) is 4.50. The maximum absolute atomic E-state index is 5.90. The van der Waals surface area contributed by atoms with Gasteiger partial charge in [-0.1, -0.05) is 24.6 Å². The molecule has 0 spiro atoms. The number of rotatable bonds is 6. The van der Waals surface area contributed by atoms with E-state index in [2.05, 4.69) is 26.1 Å². The van der Waals surface area contributed by atoms with Crippen LogP contribution in [0.4, 0.5) is 0 Å². The normalized spacial score (nSPS) is 11.5. The molecule has 0 aliphatic carbocycles. The molecular formula is C13H20ClNO. The molecule has 0 aliphatic heterocycles. The van der Waals surface area contributed by atoms with E-state index in [-0.39, 0.29) is 5.60 Å². The van der Waals surface area contributed by atoms with Gasteiger partial charge in [-0.2, -0.15) is 0 Å². The standard InChI is InChI=1S/C13H20ClNO/c1-4-8-15-10-13(2,3)16-12-7-5-6-11(14)9-12/h5-7,9,15H,4,8,10H2,1-3H3. The lowest BCUT2D eigenvalue weighted by Crippen LogP contribution is -2.40. The molecule has 2 nitrogen and oxygen atoms in total. The van der Waals surface area contributed by atoms with Gasteiger partial charge in [0.1, 0.15) is 11.4 Å². The van der Waals surface area contributed by atoms with E-state index < -0.39 is 0 Å². The molecule has 0 fully saturated rings. The second kappa shape index (κ2) is 6.12. The molecule has 0 saturated heterocycles. The van der Waals surface area contributed by atoms with Crippen molar-refractivity contribution in [1.82, 2.24) is 5.32 Å². The summed E-state index contributed by atoms with van der Waals surface area (Å²) >= 11 is 5.90. The minimum atomic E-state index is -0.222. The predicted molar refractivity (Wildman–Crippen MR) is 69.3 cm³/mol. The average molecular weight is 242 g/mol. The van der Waals surface area contributed by atoms with Gasteiger partial charge in [0.05, 0.1) is 0 Å². The van der Waals surface area contributed by atoms with Crippen LogP contribution in [0.3, 0.4) is 0 Å². The summed E-state index contributed by atoms with van der Waals surface area (Å²) in [7, 11) is 0. The SMILES string of the molecule is CCCNCC(C)(C)Oc1cccc(Cl)c1. The van der Waals surface area contributed by atoms with Crippen LogP contribution in [0.2, 0.25) is 5.02 Å². The van der Waals surface area contributed by atoms with Crippen LogP contribution < -0.4 is 10.1 Å². The van der Waals surface area contributed by atoms with Gasteiger partial charge in [0.15, 0.2) is 0 Å². The average Bonchev–Trinajstić information content (AvgIpc) is 2.17. The number of ether oxygens (including phenoxy) is 1. The van der Waals surface area contributed by atoms with Crippen LogP contribution in [0.25, 0.3) is 0 Å². The summed E-state index contributed by atoms with van der Waals surface area (Å²) in [6, 6.07) is 7.50. The molecule has 1 N–H and O–H groups in total. The number of nitrogens with one attached hydrogen (secondary N) is 1. The minimum Gasteiger partial charge on any atom is -0.486 e. The van der Waals surface area contributed by atoms with E-state index in [4.69, 9.17) is 16.3 Å². The van der Waals surface area contributed by atoms with Crippen LogP contribution >= 0.6 is 11.6 Å². The van der Waals surface area contributed by atoms with Crippen molar-refractivity contribution in [3.05, 3.63) is 29.3 Å². The van der Waals surface area contributed by atoms with Gasteiger partial charge < -0.3 is 10.1 Å². The van der Waals surface area contributed by atoms with E-state index in [1.165, 1.54) is 0 Å². The Hall–Kier alpha value is -0.730. The number of halogens is 1. The van der Waals surface area contributed by atoms with Crippen LogP contribution in [0, 0.1) is 0 Å². The smallest absolute Gasteiger partial charge is 0.121 e. The van der Waals surface area contributed by atoms with Crippen LogP contribution in [0.15, 0.2) is 24.3 Å². The molecular weight excluding hydrogens is 222 g/mol. The third kappa shape index (κ3) is 4.86. The zero-order valence-corrected chi connectivity index (χ0v) is 11.0. The zero-order chi connectivity index (χ0) is 12.0. The molecule has 0 radical (unpaired) electrons. The van der Waals surface area contributed by atoms with Crippen molar-refractivity contribution in [3.63, 3.8) is 0 Å². The highest BCUT2D eigenvalue weighted by atomic mass is 35.5. The highest BCUT2D eigenvalue weighted by Gasteiger charge is 2.19. The summed E-state index contributed by atoms with van der Waals surface area (Å²) in [5.41, 5.74) is -0.222. The Morgan fingerprint density at radius 2 is 2.12 bits per heavy atom. The quantitative estimate of drug-likeness (QED) is 0.770. The van der Waals surface area contributed by atoms with E-state index in [0.29, 0.717) is 5.02 Å². The fraction of sp³-hybridized carbons (Fsp3) is 0.538. The molecule has 0 bridgehead atoms. The van der Waals surface area contributed by atoms with Crippen molar-refractivity contribution < 1.29 is 4.74 Å². The van der Waals surface area contributed by atoms with Gasteiger partial charge >= 0.3 is 0 Å². The lowest BCUT2D eigenvalue weighted by Gasteiger charge is -2.27. The monoisotopic (exact) mass is 241 g/mol. The fourth-order valence-electron chi connectivity index (χ4n) is 1.45. The molecule has 0 amide bonds. The summed E-state index contributed by atoms with van der Waals surface area (Å²) in [5.74, 6) is 0.816. The van der Waals surface area contributed by atoms with Crippen molar-refractivity contribution in [2.75, 3.05) is 13.1 Å². The third-order valence-corrected chi connectivity index (χ3v) is 2.40. The highest BCUT2D eigenvalue weighted by molar-refractivity contribution is 6.30. The van der Waals surface area contributed by atoms with Crippen molar-refractivity contribution >= 4 is 11.6 Å². The van der Waals surface area contributed by atoms with Crippen LogP contribution in [0.1, 0.15) is 27.2 Å². The van der Waals surface area contributed by atoms with Gasteiger partial charge in [0, 0.05) is 11.6 Å². The first-order chi connectivity index (χ1) is 7.53. The first kappa shape index (κ1) is 13.3. The molecule has 0 aliphatic rings. The van der Waals surface area contributed by atoms with E-state index in [9.17, 15) is 0 Å². The summed E-state index contributed by atoms with van der Waals surface area (Å²) in [6.45, 7) is 8.13. The Morgan fingerprint density at radius 3 is 2.75 bits per heavy atom. The van der Waals surface area contributed by atoms with Gasteiger partial charge in [-0.05, 0) is 45.0 Å². The first-order valence-corrected chi connectivity index (χ1v) is 6.06. The van der Waals surface area contributed by atoms with E-state index in [1.807, 2.05) is 24.3 Å². The second-order valence-corrected chi connectivity index (χ2v) is 4.93. The number of benzene rings is 1. The Bertz CT molecular complexity index is 325. The molecule has 0 aromatic heterocycles. The Morgan fingerprint density at radius 1 is 1.38 bits per heavy atom. The number of hydrogen-bond acceptors (Lipinski definition) is 2. The van der Waals surface area contributed by atoms with Crippen LogP contribution in [-0.4, -0.2) is 18.7 Å². The van der Waals surface area contributed by atoms with Gasteiger partial charge in [-0.15, -0.1) is 0 Å². The molecule has 16 heavy (non-hydrogen) atoms. The molecule has 3 heteroatoms. The summed E-state index contributed by atoms with van der Waals surface area (Å²) in [4.78, 5) is 0. The third-order valence-electron chi connectivity index (χ3n) is 2.17. The van der Waals surface area contributed by atoms with Crippen molar-refractivity contribution in [3.8, 4) is 5.75 Å². The van der Waals surface area contributed by atoms with Crippen molar-refractivity contribution in [2.24, 2.45) is 0 Å². The zero-order valence-electron chi connectivity index (χ0n) is 10.2. The van der Waals surface area contributed by atoms with Gasteiger partial charge in [-0.3, -0.25) is 0 Å². The minimum absolute atomic E-state index is 0.222.